The van der Waals surface area contributed by atoms with Gasteiger partial charge in [0.15, 0.2) is 0 Å². The van der Waals surface area contributed by atoms with Crippen molar-refractivity contribution in [3.63, 3.8) is 0 Å². The third kappa shape index (κ3) is 2.82. The molecule has 0 spiro atoms. The molecule has 1 aliphatic rings. The molecule has 3 nitrogen and oxygen atoms in total. The van der Waals surface area contributed by atoms with Gasteiger partial charge in [0.1, 0.15) is 5.82 Å². The Labute approximate surface area is 99.9 Å². The van der Waals surface area contributed by atoms with Crippen molar-refractivity contribution in [3.8, 4) is 0 Å². The quantitative estimate of drug-likeness (QED) is 0.877. The highest BCUT2D eigenvalue weighted by Gasteiger charge is 2.27. The maximum absolute atomic E-state index is 13.7. The molecule has 1 aromatic rings. The summed E-state index contributed by atoms with van der Waals surface area (Å²) >= 11 is 0. The number of rotatable bonds is 3. The number of aliphatic carboxylic acids is 1. The van der Waals surface area contributed by atoms with Gasteiger partial charge in [0, 0.05) is 11.6 Å². The first kappa shape index (κ1) is 12.0. The van der Waals surface area contributed by atoms with E-state index in [1.807, 2.05) is 4.90 Å². The van der Waals surface area contributed by atoms with Crippen LogP contribution >= 0.6 is 0 Å². The van der Waals surface area contributed by atoms with Crippen molar-refractivity contribution >= 4 is 5.97 Å². The summed E-state index contributed by atoms with van der Waals surface area (Å²) in [5.41, 5.74) is 0.619. The van der Waals surface area contributed by atoms with Crippen LogP contribution in [0.5, 0.6) is 0 Å². The van der Waals surface area contributed by atoms with Crippen LogP contribution in [0.4, 0.5) is 4.39 Å². The van der Waals surface area contributed by atoms with E-state index in [0.29, 0.717) is 5.56 Å². The smallest absolute Gasteiger partial charge is 0.317 e. The Bertz CT molecular complexity index is 408. The third-order valence-corrected chi connectivity index (χ3v) is 3.22. The number of carbonyl (C=O) groups is 1. The van der Waals surface area contributed by atoms with Gasteiger partial charge in [0.25, 0.3) is 0 Å². The van der Waals surface area contributed by atoms with Gasteiger partial charge in [-0.1, -0.05) is 24.6 Å². The third-order valence-electron chi connectivity index (χ3n) is 3.22. The fourth-order valence-electron chi connectivity index (χ4n) is 2.45. The highest BCUT2D eigenvalue weighted by Crippen LogP contribution is 2.31. The van der Waals surface area contributed by atoms with Gasteiger partial charge in [-0.25, -0.2) is 4.39 Å². The standard InChI is InChI=1S/C13H16FNO2/c14-11-6-2-1-5-10(11)12-7-3-4-8-15(12)9-13(16)17/h1-2,5-6,12H,3-4,7-9H2,(H,16,17). The maximum atomic E-state index is 13.7. The molecule has 0 radical (unpaired) electrons. The van der Waals surface area contributed by atoms with Crippen LogP contribution in [0.25, 0.3) is 0 Å². The van der Waals surface area contributed by atoms with Crippen molar-refractivity contribution in [1.82, 2.24) is 4.90 Å². The second-order valence-electron chi connectivity index (χ2n) is 4.40. The van der Waals surface area contributed by atoms with E-state index in [2.05, 4.69) is 0 Å². The molecule has 0 amide bonds. The van der Waals surface area contributed by atoms with Crippen molar-refractivity contribution in [2.24, 2.45) is 0 Å². The molecule has 1 aliphatic heterocycles. The Morgan fingerprint density at radius 3 is 2.88 bits per heavy atom. The molecule has 1 heterocycles. The van der Waals surface area contributed by atoms with Crippen molar-refractivity contribution in [2.75, 3.05) is 13.1 Å². The van der Waals surface area contributed by atoms with E-state index in [4.69, 9.17) is 5.11 Å². The molecule has 17 heavy (non-hydrogen) atoms. The predicted molar refractivity (Wildman–Crippen MR) is 62.2 cm³/mol. The number of carboxylic acid groups (broad SMARTS) is 1. The van der Waals surface area contributed by atoms with E-state index in [9.17, 15) is 9.18 Å². The monoisotopic (exact) mass is 237 g/mol. The summed E-state index contributed by atoms with van der Waals surface area (Å²) in [6.45, 7) is 0.713. The normalized spacial score (nSPS) is 21.4. The van der Waals surface area contributed by atoms with Crippen molar-refractivity contribution in [2.45, 2.75) is 25.3 Å². The predicted octanol–water partition coefficient (Wildman–Crippen LogP) is 2.44. The van der Waals surface area contributed by atoms with E-state index in [-0.39, 0.29) is 18.4 Å². The van der Waals surface area contributed by atoms with Crippen LogP contribution in [0.3, 0.4) is 0 Å². The zero-order chi connectivity index (χ0) is 12.3. The summed E-state index contributed by atoms with van der Waals surface area (Å²) in [5, 5.41) is 8.86. The van der Waals surface area contributed by atoms with Crippen molar-refractivity contribution in [1.29, 1.82) is 0 Å². The van der Waals surface area contributed by atoms with Crippen LogP contribution in [-0.4, -0.2) is 29.1 Å². The minimum absolute atomic E-state index is 0.0149. The van der Waals surface area contributed by atoms with Gasteiger partial charge in [-0.15, -0.1) is 0 Å². The summed E-state index contributed by atoms with van der Waals surface area (Å²) < 4.78 is 13.7. The molecule has 4 heteroatoms. The summed E-state index contributed by atoms with van der Waals surface area (Å²) in [4.78, 5) is 12.6. The molecular weight excluding hydrogens is 221 g/mol. The molecule has 0 saturated carbocycles. The Hall–Kier alpha value is -1.42. The molecule has 92 valence electrons. The maximum Gasteiger partial charge on any atom is 0.317 e. The van der Waals surface area contributed by atoms with Crippen LogP contribution in [0.15, 0.2) is 24.3 Å². The van der Waals surface area contributed by atoms with Crippen LogP contribution in [0.1, 0.15) is 30.9 Å². The number of hydrogen-bond donors (Lipinski definition) is 1. The summed E-state index contributed by atoms with van der Waals surface area (Å²) in [6, 6.07) is 6.54. The fraction of sp³-hybridized carbons (Fsp3) is 0.462. The Kier molecular flexibility index (Phi) is 3.74. The van der Waals surface area contributed by atoms with Gasteiger partial charge in [-0.3, -0.25) is 9.69 Å². The van der Waals surface area contributed by atoms with Gasteiger partial charge in [0.2, 0.25) is 0 Å². The van der Waals surface area contributed by atoms with Crippen LogP contribution < -0.4 is 0 Å². The lowest BCUT2D eigenvalue weighted by Gasteiger charge is -2.34. The Morgan fingerprint density at radius 2 is 2.18 bits per heavy atom. The molecule has 1 saturated heterocycles. The molecule has 2 rings (SSSR count). The van der Waals surface area contributed by atoms with Crippen molar-refractivity contribution < 1.29 is 14.3 Å². The Balaban J connectivity index is 2.21. The first-order valence-electron chi connectivity index (χ1n) is 5.89. The molecular formula is C13H16FNO2. The topological polar surface area (TPSA) is 40.5 Å². The first-order valence-corrected chi connectivity index (χ1v) is 5.89. The molecule has 1 N–H and O–H groups in total. The lowest BCUT2D eigenvalue weighted by atomic mass is 9.95. The number of piperidine rings is 1. The lowest BCUT2D eigenvalue weighted by Crippen LogP contribution is -2.37. The second-order valence-corrected chi connectivity index (χ2v) is 4.40. The van der Waals surface area contributed by atoms with Gasteiger partial charge < -0.3 is 5.11 Å². The van der Waals surface area contributed by atoms with Gasteiger partial charge in [-0.05, 0) is 25.5 Å². The highest BCUT2D eigenvalue weighted by molar-refractivity contribution is 5.69. The molecule has 1 fully saturated rings. The SMILES string of the molecule is O=C(O)CN1CCCCC1c1ccccc1F. The Morgan fingerprint density at radius 1 is 1.41 bits per heavy atom. The van der Waals surface area contributed by atoms with Gasteiger partial charge in [0.05, 0.1) is 6.54 Å². The number of benzene rings is 1. The van der Waals surface area contributed by atoms with Crippen LogP contribution in [0.2, 0.25) is 0 Å². The van der Waals surface area contributed by atoms with Gasteiger partial charge in [-0.2, -0.15) is 0 Å². The number of carboxylic acids is 1. The van der Waals surface area contributed by atoms with E-state index in [1.54, 1.807) is 18.2 Å². The minimum Gasteiger partial charge on any atom is -0.480 e. The number of likely N-dealkylation sites (tertiary alicyclic amines) is 1. The molecule has 0 bridgehead atoms. The van der Waals surface area contributed by atoms with E-state index in [1.165, 1.54) is 6.07 Å². The molecule has 1 unspecified atom stereocenters. The van der Waals surface area contributed by atoms with Crippen LogP contribution in [0, 0.1) is 5.82 Å². The number of halogens is 1. The highest BCUT2D eigenvalue weighted by atomic mass is 19.1. The molecule has 0 aromatic heterocycles. The first-order chi connectivity index (χ1) is 8.18. The van der Waals surface area contributed by atoms with Crippen molar-refractivity contribution in [3.05, 3.63) is 35.6 Å². The summed E-state index contributed by atoms with van der Waals surface area (Å²) in [5.74, 6) is -1.09. The zero-order valence-corrected chi connectivity index (χ0v) is 9.60. The largest absolute Gasteiger partial charge is 0.480 e. The summed E-state index contributed by atoms with van der Waals surface area (Å²) in [6.07, 6.45) is 2.83. The minimum atomic E-state index is -0.853. The van der Waals surface area contributed by atoms with E-state index in [0.717, 1.165) is 25.8 Å². The number of hydrogen-bond acceptors (Lipinski definition) is 2. The lowest BCUT2D eigenvalue weighted by molar-refractivity contribution is -0.139. The van der Waals surface area contributed by atoms with Gasteiger partial charge >= 0.3 is 5.97 Å². The van der Waals surface area contributed by atoms with Crippen LogP contribution in [-0.2, 0) is 4.79 Å². The fourth-order valence-corrected chi connectivity index (χ4v) is 2.45. The average molecular weight is 237 g/mol. The molecule has 1 atom stereocenters. The summed E-state index contributed by atoms with van der Waals surface area (Å²) in [7, 11) is 0. The zero-order valence-electron chi connectivity index (χ0n) is 9.60. The van der Waals surface area contributed by atoms with E-state index >= 15 is 0 Å². The average Bonchev–Trinajstić information content (AvgIpc) is 2.30. The second kappa shape index (κ2) is 5.27. The molecule has 1 aromatic carbocycles. The van der Waals surface area contributed by atoms with E-state index < -0.39 is 5.97 Å². The molecule has 0 aliphatic carbocycles. The number of nitrogens with zero attached hydrogens (tertiary/aromatic N) is 1.